The average molecular weight is 1900 g/mol. The lowest BCUT2D eigenvalue weighted by Crippen LogP contribution is -2.01. The summed E-state index contributed by atoms with van der Waals surface area (Å²) in [5, 5.41) is 18.5. The summed E-state index contributed by atoms with van der Waals surface area (Å²) in [6.07, 6.45) is 3.84. The van der Waals surface area contributed by atoms with E-state index in [4.69, 9.17) is 73.1 Å². The van der Waals surface area contributed by atoms with Gasteiger partial charge < -0.3 is 13.3 Å². The number of furan rings is 3. The van der Waals surface area contributed by atoms with E-state index < -0.39 is 0 Å². The molecular weight excluding hydrogens is 1830 g/mol. The number of pyridine rings is 3. The monoisotopic (exact) mass is 1900 g/mol. The van der Waals surface area contributed by atoms with Gasteiger partial charge in [0.2, 0.25) is 5.71 Å². The average Bonchev–Trinajstić information content (AvgIpc) is 1.56. The van der Waals surface area contributed by atoms with Gasteiger partial charge in [0.25, 0.3) is 0 Å². The maximum absolute atomic E-state index is 6.87. The summed E-state index contributed by atoms with van der Waals surface area (Å²) in [5.74, 6) is 5.22. The number of thiophene rings is 3. The number of rotatable bonds is 12. The number of hydrogen-bond donors (Lipinski definition) is 0. The normalized spacial score (nSPS) is 11.8. The smallest absolute Gasteiger partial charge is 0.227 e. The van der Waals surface area contributed by atoms with E-state index in [1.165, 1.54) is 60.5 Å². The van der Waals surface area contributed by atoms with Crippen LogP contribution in [0.15, 0.2) is 450 Å². The largest absolute Gasteiger partial charge is 0.455 e. The SMILES string of the molecule is c1ccc(-c2nc(-c3ccccc3)nc(-c3ccc(-c4cccc5sc6ccccc6c45)c4oc5nc6ccccc6cc5c34)n2)cc1.c1ccc(-c2nc(-c3ccccc3)nc(-c3cnc(-c4cccc5sc6ccccc6c45)c4oc5cc6ccccc6cc5c34)n2)cc1.c1ccc(-c2nc(-c3ccccc3)nc(-c3ncc(-c4cccc5sc6ccccc6c45)c4oc5cc6ccccc6cc5c34)n2)cc1. The highest BCUT2D eigenvalue weighted by molar-refractivity contribution is 7.26. The third kappa shape index (κ3) is 14.5. The Morgan fingerprint density at radius 3 is 0.958 bits per heavy atom. The fraction of sp³-hybridized carbons (Fsp3) is 0. The number of benzene rings is 18. The predicted molar refractivity (Wildman–Crippen MR) is 591 cm³/mol. The zero-order valence-electron chi connectivity index (χ0n) is 76.4. The minimum Gasteiger partial charge on any atom is -0.455 e. The summed E-state index contributed by atoms with van der Waals surface area (Å²) < 4.78 is 28.0. The quantitative estimate of drug-likeness (QED) is 0.112. The number of aromatic nitrogens is 12. The van der Waals surface area contributed by atoms with Crippen molar-refractivity contribution in [2.24, 2.45) is 0 Å². The van der Waals surface area contributed by atoms with Crippen molar-refractivity contribution >= 4 is 193 Å². The second-order valence-electron chi connectivity index (χ2n) is 35.5. The van der Waals surface area contributed by atoms with Crippen LogP contribution in [-0.2, 0) is 0 Å². The molecular formula is C126H72N12O3S3. The fourth-order valence-electron chi connectivity index (χ4n) is 20.2. The van der Waals surface area contributed by atoms with Crippen LogP contribution < -0.4 is 0 Å². The van der Waals surface area contributed by atoms with Gasteiger partial charge in [0.05, 0.1) is 10.9 Å². The zero-order valence-corrected chi connectivity index (χ0v) is 78.8. The number of para-hydroxylation sites is 1. The first kappa shape index (κ1) is 83.4. The van der Waals surface area contributed by atoms with Crippen LogP contribution in [0.5, 0.6) is 0 Å². The summed E-state index contributed by atoms with van der Waals surface area (Å²) in [7, 11) is 0. The maximum Gasteiger partial charge on any atom is 0.227 e. The van der Waals surface area contributed by atoms with Crippen LogP contribution in [0.4, 0.5) is 0 Å². The van der Waals surface area contributed by atoms with Crippen molar-refractivity contribution in [2.75, 3.05) is 0 Å². The molecule has 0 amide bonds. The number of hydrogen-bond acceptors (Lipinski definition) is 18. The molecule has 0 aliphatic heterocycles. The van der Waals surface area contributed by atoms with Crippen LogP contribution in [0.25, 0.3) is 295 Å². The van der Waals surface area contributed by atoms with E-state index in [1.54, 1.807) is 22.7 Å². The van der Waals surface area contributed by atoms with Gasteiger partial charge in [-0.15, -0.1) is 34.0 Å². The zero-order chi connectivity index (χ0) is 94.8. The van der Waals surface area contributed by atoms with Crippen LogP contribution in [0.2, 0.25) is 0 Å². The van der Waals surface area contributed by atoms with Crippen LogP contribution in [0, 0.1) is 0 Å². The molecule has 0 unspecified atom stereocenters. The van der Waals surface area contributed by atoms with Crippen LogP contribution in [0.1, 0.15) is 0 Å². The molecule has 12 aromatic heterocycles. The van der Waals surface area contributed by atoms with Crippen molar-refractivity contribution in [2.45, 2.75) is 0 Å². The topological polar surface area (TPSA) is 194 Å². The van der Waals surface area contributed by atoms with Gasteiger partial charge in [-0.25, -0.2) is 49.8 Å². The standard InChI is InChI=1S/3C42H24N4OS/c1-3-12-25(13-4-1)39-44-40(26-14-5-2-6-15-26)46-41(45-39)31-23-22-29(28-18-11-21-35-36(28)30-17-8-10-20-34(30)48-35)38-37(31)32-24-27-16-7-9-19-33(27)43-42(32)47-38;1-3-12-25(13-4-1)40-44-41(26-14-5-2-6-15-26)46-42(45-40)38-37-31-22-27-16-7-8-17-28(27)23-33(31)47-39(37)32(24-43-38)29-19-11-21-35-36(29)30-18-9-10-20-34(30)48-35;1-3-12-25(13-4-1)40-44-41(26-14-5-2-6-15-26)46-42(45-40)32-24-43-38(30-19-11-21-35-36(30)29-18-9-10-20-34(29)48-35)39-37(32)31-22-27-16-7-8-17-28(27)23-33(31)47-39/h3*1-24H. The summed E-state index contributed by atoms with van der Waals surface area (Å²) in [5.41, 5.74) is 19.1. The molecule has 672 valence electrons. The first-order valence-corrected chi connectivity index (χ1v) is 49.9. The van der Waals surface area contributed by atoms with E-state index in [2.05, 4.69) is 224 Å². The molecule has 0 atom stereocenters. The lowest BCUT2D eigenvalue weighted by Gasteiger charge is -2.11. The van der Waals surface area contributed by atoms with Gasteiger partial charge in [0, 0.05) is 166 Å². The highest BCUT2D eigenvalue weighted by Crippen LogP contribution is 2.52. The lowest BCUT2D eigenvalue weighted by molar-refractivity contribution is 0.657. The van der Waals surface area contributed by atoms with Gasteiger partial charge in [0.15, 0.2) is 58.0 Å². The Kier molecular flexibility index (Phi) is 20.1. The summed E-state index contributed by atoms with van der Waals surface area (Å²) in [6, 6.07) is 145. The Morgan fingerprint density at radius 1 is 0.174 bits per heavy atom. The van der Waals surface area contributed by atoms with Gasteiger partial charge in [-0.2, -0.15) is 0 Å². The third-order valence-electron chi connectivity index (χ3n) is 26.9. The van der Waals surface area contributed by atoms with Crippen LogP contribution in [0.3, 0.4) is 0 Å². The lowest BCUT2D eigenvalue weighted by atomic mass is 9.95. The fourth-order valence-corrected chi connectivity index (χ4v) is 23.6. The molecule has 30 aromatic rings. The van der Waals surface area contributed by atoms with Gasteiger partial charge in [-0.3, -0.25) is 9.97 Å². The van der Waals surface area contributed by atoms with Gasteiger partial charge in [-0.1, -0.05) is 340 Å². The molecule has 15 nitrogen and oxygen atoms in total. The molecule has 18 aromatic carbocycles. The molecule has 0 radical (unpaired) electrons. The molecule has 12 heterocycles. The van der Waals surface area contributed by atoms with Crippen molar-refractivity contribution in [3.63, 3.8) is 0 Å². The summed E-state index contributed by atoms with van der Waals surface area (Å²) in [6.45, 7) is 0. The molecule has 0 N–H and O–H groups in total. The van der Waals surface area contributed by atoms with E-state index in [9.17, 15) is 0 Å². The van der Waals surface area contributed by atoms with Gasteiger partial charge >= 0.3 is 0 Å². The van der Waals surface area contributed by atoms with E-state index in [0.29, 0.717) is 69.4 Å². The first-order chi connectivity index (χ1) is 71.3. The molecule has 0 fully saturated rings. The van der Waals surface area contributed by atoms with E-state index in [0.717, 1.165) is 165 Å². The van der Waals surface area contributed by atoms with Gasteiger partial charge in [-0.05, 0) is 118 Å². The van der Waals surface area contributed by atoms with Crippen molar-refractivity contribution in [3.8, 4) is 136 Å². The molecule has 0 saturated carbocycles. The van der Waals surface area contributed by atoms with E-state index >= 15 is 0 Å². The maximum atomic E-state index is 6.87. The third-order valence-corrected chi connectivity index (χ3v) is 30.3. The first-order valence-electron chi connectivity index (χ1n) is 47.4. The minimum absolute atomic E-state index is 0.495. The molecule has 0 spiro atoms. The molecule has 0 aliphatic carbocycles. The molecule has 30 rings (SSSR count). The van der Waals surface area contributed by atoms with Crippen molar-refractivity contribution < 1.29 is 13.3 Å². The van der Waals surface area contributed by atoms with Crippen molar-refractivity contribution in [3.05, 3.63) is 437 Å². The van der Waals surface area contributed by atoms with E-state index in [1.807, 2.05) is 224 Å². The second kappa shape index (κ2) is 34.7. The summed E-state index contributed by atoms with van der Waals surface area (Å²) >= 11 is 5.41. The Hall–Kier alpha value is -18.7. The van der Waals surface area contributed by atoms with E-state index in [-0.39, 0.29) is 0 Å². The Morgan fingerprint density at radius 2 is 0.493 bits per heavy atom. The Bertz CT molecular complexity index is 9290. The van der Waals surface area contributed by atoms with Crippen LogP contribution in [-0.4, -0.2) is 59.8 Å². The number of fused-ring (bicyclic) bond motifs is 21. The predicted octanol–water partition coefficient (Wildman–Crippen LogP) is 34.1. The Labute approximate surface area is 832 Å². The second-order valence-corrected chi connectivity index (χ2v) is 38.7. The summed E-state index contributed by atoms with van der Waals surface area (Å²) in [4.78, 5) is 60.6. The molecule has 0 bridgehead atoms. The minimum atomic E-state index is 0.495. The highest BCUT2D eigenvalue weighted by atomic mass is 32.1. The van der Waals surface area contributed by atoms with Crippen molar-refractivity contribution in [1.82, 2.24) is 59.8 Å². The number of nitrogens with zero attached hydrogens (tertiary/aromatic N) is 12. The molecule has 18 heteroatoms. The molecule has 0 aliphatic rings. The molecule has 0 saturated heterocycles. The van der Waals surface area contributed by atoms with Crippen LogP contribution >= 0.6 is 34.0 Å². The van der Waals surface area contributed by atoms with Gasteiger partial charge in [0.1, 0.15) is 33.7 Å². The Balaban J connectivity index is 0.000000105. The molecule has 144 heavy (non-hydrogen) atoms. The van der Waals surface area contributed by atoms with Crippen molar-refractivity contribution in [1.29, 1.82) is 0 Å². The highest BCUT2D eigenvalue weighted by Gasteiger charge is 2.30.